The minimum atomic E-state index is -1.08. The number of anilines is 1. The fourth-order valence-corrected chi connectivity index (χ4v) is 6.39. The quantitative estimate of drug-likeness (QED) is 0.0414. The minimum Gasteiger partial charge on any atom is -0.379 e. The van der Waals surface area contributed by atoms with E-state index in [0.717, 1.165) is 28.8 Å². The first-order valence-corrected chi connectivity index (χ1v) is 23.6. The highest BCUT2D eigenvalue weighted by molar-refractivity contribution is 14.1. The Kier molecular flexibility index (Phi) is 32.4. The Labute approximate surface area is 389 Å². The maximum Gasteiger partial charge on any atom is 0.264 e. The van der Waals surface area contributed by atoms with E-state index in [1.165, 1.54) is 6.07 Å². The van der Waals surface area contributed by atoms with Crippen LogP contribution in [0, 0.1) is 0 Å². The molecule has 0 aromatic heterocycles. The van der Waals surface area contributed by atoms with E-state index in [2.05, 4.69) is 33.2 Å². The topological polar surface area (TPSA) is 223 Å². The van der Waals surface area contributed by atoms with Crippen molar-refractivity contribution in [3.05, 3.63) is 29.3 Å². The molecular weight excluding hydrogens is 957 g/mol. The Morgan fingerprint density at radius 2 is 0.953 bits per heavy atom. The Bertz CT molecular complexity index is 1460. The molecule has 0 spiro atoms. The van der Waals surface area contributed by atoms with Gasteiger partial charge in [-0.1, -0.05) is 35.1 Å². The zero-order valence-corrected chi connectivity index (χ0v) is 39.2. The van der Waals surface area contributed by atoms with Crippen molar-refractivity contribution >= 4 is 57.8 Å². The molecule has 2 N–H and O–H groups in total. The first-order chi connectivity index (χ1) is 31.4. The highest BCUT2D eigenvalue weighted by Crippen LogP contribution is 2.32. The minimum absolute atomic E-state index is 0.0269. The standard InChI is InChI=1S/C43H68IN3O17/c44-10-12-54-14-16-56-18-20-58-22-24-60-26-28-62-30-32-64-34-33-63-31-29-61-27-25-59-23-21-57-19-17-55-15-13-53-11-3-1-2-7-38(48)45-36-6-4-5-35-40(36)43(52)47(42(35)51)37-8-9-39(49)46-41(37)50/h4-6,37H,1-3,7-34H2,(H,45,48)(H,46,49,50). The second-order valence-electron chi connectivity index (χ2n) is 14.1. The van der Waals surface area contributed by atoms with Gasteiger partial charge in [-0.3, -0.25) is 34.2 Å². The van der Waals surface area contributed by atoms with Crippen molar-refractivity contribution in [1.29, 1.82) is 0 Å². The van der Waals surface area contributed by atoms with Crippen LogP contribution in [0.3, 0.4) is 0 Å². The number of nitrogens with one attached hydrogen (secondary N) is 2. The molecule has 0 radical (unpaired) electrons. The van der Waals surface area contributed by atoms with Gasteiger partial charge in [-0.05, 0) is 31.4 Å². The molecule has 1 saturated heterocycles. The number of amides is 5. The second kappa shape index (κ2) is 37.3. The van der Waals surface area contributed by atoms with Gasteiger partial charge in [0.05, 0.1) is 169 Å². The summed E-state index contributed by atoms with van der Waals surface area (Å²) in [4.78, 5) is 63.6. The van der Waals surface area contributed by atoms with Gasteiger partial charge in [0, 0.05) is 23.9 Å². The number of halogens is 1. The van der Waals surface area contributed by atoms with Gasteiger partial charge >= 0.3 is 0 Å². The lowest BCUT2D eigenvalue weighted by Gasteiger charge is -2.27. The number of unbranched alkanes of at least 4 members (excludes halogenated alkanes) is 2. The Balaban J connectivity index is 0.976. The summed E-state index contributed by atoms with van der Waals surface area (Å²) in [5.41, 5.74) is 0.379. The lowest BCUT2D eigenvalue weighted by Crippen LogP contribution is -2.54. The first-order valence-electron chi connectivity index (χ1n) is 22.1. The molecule has 2 aliphatic rings. The summed E-state index contributed by atoms with van der Waals surface area (Å²) < 4.78 is 66.8. The largest absolute Gasteiger partial charge is 0.379 e. The van der Waals surface area contributed by atoms with Gasteiger partial charge in [0.1, 0.15) is 6.04 Å². The normalized spacial score (nSPS) is 15.0. The van der Waals surface area contributed by atoms with Crippen LogP contribution in [0.5, 0.6) is 0 Å². The smallest absolute Gasteiger partial charge is 0.264 e. The van der Waals surface area contributed by atoms with Gasteiger partial charge in [-0.2, -0.15) is 0 Å². The fourth-order valence-electron chi connectivity index (χ4n) is 6.07. The number of imide groups is 2. The molecule has 5 amide bonds. The van der Waals surface area contributed by atoms with Gasteiger partial charge in [0.15, 0.2) is 0 Å². The number of carbonyl (C=O) groups excluding carboxylic acids is 5. The number of ether oxygens (including phenoxy) is 12. The molecule has 0 bridgehead atoms. The van der Waals surface area contributed by atoms with Crippen molar-refractivity contribution in [2.24, 2.45) is 0 Å². The van der Waals surface area contributed by atoms with Crippen LogP contribution in [0.25, 0.3) is 0 Å². The van der Waals surface area contributed by atoms with Crippen molar-refractivity contribution in [1.82, 2.24) is 10.2 Å². The number of hydrogen-bond donors (Lipinski definition) is 2. The van der Waals surface area contributed by atoms with E-state index in [-0.39, 0.29) is 42.0 Å². The summed E-state index contributed by atoms with van der Waals surface area (Å²) in [6, 6.07) is 3.53. The highest BCUT2D eigenvalue weighted by atomic mass is 127. The Morgan fingerprint density at radius 1 is 0.547 bits per heavy atom. The summed E-state index contributed by atoms with van der Waals surface area (Å²) in [7, 11) is 0. The maximum absolute atomic E-state index is 13.2. The molecule has 1 aromatic carbocycles. The molecule has 20 nitrogen and oxygen atoms in total. The van der Waals surface area contributed by atoms with Gasteiger partial charge < -0.3 is 62.2 Å². The van der Waals surface area contributed by atoms with Crippen LogP contribution in [0.15, 0.2) is 18.2 Å². The van der Waals surface area contributed by atoms with Crippen LogP contribution in [0.4, 0.5) is 5.69 Å². The maximum atomic E-state index is 13.2. The molecular formula is C43H68IN3O17. The molecule has 64 heavy (non-hydrogen) atoms. The van der Waals surface area contributed by atoms with E-state index in [4.69, 9.17) is 56.8 Å². The summed E-state index contributed by atoms with van der Waals surface area (Å²) in [6.45, 7) is 12.1. The van der Waals surface area contributed by atoms with Gasteiger partial charge in [-0.25, -0.2) is 0 Å². The average molecular weight is 1030 g/mol. The molecule has 1 unspecified atom stereocenters. The Hall–Kier alpha value is -2.78. The third-order valence-corrected chi connectivity index (χ3v) is 9.69. The average Bonchev–Trinajstić information content (AvgIpc) is 3.54. The number of hydrogen-bond acceptors (Lipinski definition) is 17. The van der Waals surface area contributed by atoms with Crippen LogP contribution in [0.2, 0.25) is 0 Å². The first kappa shape index (κ1) is 55.5. The van der Waals surface area contributed by atoms with E-state index >= 15 is 0 Å². The summed E-state index contributed by atoms with van der Waals surface area (Å²) >= 11 is 2.27. The molecule has 3 rings (SSSR count). The Morgan fingerprint density at radius 3 is 1.36 bits per heavy atom. The number of nitrogens with zero attached hydrogens (tertiary/aromatic N) is 1. The second-order valence-corrected chi connectivity index (χ2v) is 15.2. The van der Waals surface area contributed by atoms with Crippen LogP contribution in [-0.4, -0.2) is 203 Å². The third-order valence-electron chi connectivity index (χ3n) is 9.25. The van der Waals surface area contributed by atoms with E-state index < -0.39 is 29.7 Å². The van der Waals surface area contributed by atoms with E-state index in [1.54, 1.807) is 12.1 Å². The number of piperidine rings is 1. The molecule has 21 heteroatoms. The zero-order valence-electron chi connectivity index (χ0n) is 37.0. The molecule has 0 saturated carbocycles. The molecule has 1 atom stereocenters. The number of fused-ring (bicyclic) bond motifs is 1. The van der Waals surface area contributed by atoms with Crippen molar-refractivity contribution < 1.29 is 80.8 Å². The van der Waals surface area contributed by atoms with Gasteiger partial charge in [0.2, 0.25) is 17.7 Å². The van der Waals surface area contributed by atoms with E-state index in [1.807, 2.05) is 0 Å². The van der Waals surface area contributed by atoms with Gasteiger partial charge in [0.25, 0.3) is 11.8 Å². The predicted octanol–water partition coefficient (Wildman–Crippen LogP) is 2.22. The number of alkyl halides is 1. The molecule has 1 aromatic rings. The van der Waals surface area contributed by atoms with Crippen LogP contribution < -0.4 is 10.6 Å². The summed E-state index contributed by atoms with van der Waals surface area (Å²) in [5.74, 6) is -2.72. The van der Waals surface area contributed by atoms with Crippen molar-refractivity contribution in [2.75, 3.05) is 168 Å². The van der Waals surface area contributed by atoms with Crippen molar-refractivity contribution in [2.45, 2.75) is 44.6 Å². The zero-order chi connectivity index (χ0) is 45.7. The molecule has 2 heterocycles. The molecule has 2 aliphatic heterocycles. The van der Waals surface area contributed by atoms with E-state index in [0.29, 0.717) is 158 Å². The predicted molar refractivity (Wildman–Crippen MR) is 239 cm³/mol. The van der Waals surface area contributed by atoms with Gasteiger partial charge in [-0.15, -0.1) is 0 Å². The summed E-state index contributed by atoms with van der Waals surface area (Å²) in [5, 5.41) is 4.91. The van der Waals surface area contributed by atoms with Crippen LogP contribution in [-0.2, 0) is 71.2 Å². The van der Waals surface area contributed by atoms with Crippen LogP contribution >= 0.6 is 22.6 Å². The number of rotatable bonds is 43. The lowest BCUT2D eigenvalue weighted by molar-refractivity contribution is -0.136. The van der Waals surface area contributed by atoms with Crippen LogP contribution in [0.1, 0.15) is 59.2 Å². The number of carbonyl (C=O) groups is 5. The lowest BCUT2D eigenvalue weighted by atomic mass is 10.0. The van der Waals surface area contributed by atoms with E-state index in [9.17, 15) is 24.0 Å². The van der Waals surface area contributed by atoms with Crippen molar-refractivity contribution in [3.8, 4) is 0 Å². The third kappa shape index (κ3) is 24.7. The SMILES string of the molecule is O=C1CCC(N2C(=O)c3cccc(NC(=O)CCCCCOCCOCCOCCOCCOCCOCCOCCOCCOCCOCCOCCOCCI)c3C2=O)C(=O)N1. The molecule has 1 fully saturated rings. The number of benzene rings is 1. The molecule has 364 valence electrons. The summed E-state index contributed by atoms with van der Waals surface area (Å²) in [6.07, 6.45) is 2.44. The monoisotopic (exact) mass is 1030 g/mol. The highest BCUT2D eigenvalue weighted by Gasteiger charge is 2.45. The molecule has 0 aliphatic carbocycles. The fraction of sp³-hybridized carbons (Fsp3) is 0.744. The van der Waals surface area contributed by atoms with Crippen molar-refractivity contribution in [3.63, 3.8) is 0 Å².